The summed E-state index contributed by atoms with van der Waals surface area (Å²) in [4.78, 5) is 28.1. The molecule has 26 heavy (non-hydrogen) atoms. The van der Waals surface area contributed by atoms with Crippen molar-refractivity contribution >= 4 is 22.7 Å². The SMILES string of the molecule is CCc1cccc2c(C(=O)COC(=O)c3cc(C)ccc3OC)c[nH]c12. The van der Waals surface area contributed by atoms with Crippen LogP contribution >= 0.6 is 0 Å². The van der Waals surface area contributed by atoms with Crippen LogP contribution in [-0.2, 0) is 11.2 Å². The summed E-state index contributed by atoms with van der Waals surface area (Å²) in [5.41, 5.74) is 3.84. The summed E-state index contributed by atoms with van der Waals surface area (Å²) in [7, 11) is 1.49. The van der Waals surface area contributed by atoms with Gasteiger partial charge in [0.15, 0.2) is 6.61 Å². The number of hydrogen-bond acceptors (Lipinski definition) is 4. The third-order valence-electron chi connectivity index (χ3n) is 4.39. The van der Waals surface area contributed by atoms with E-state index < -0.39 is 5.97 Å². The van der Waals surface area contributed by atoms with E-state index in [4.69, 9.17) is 9.47 Å². The van der Waals surface area contributed by atoms with Crippen LogP contribution < -0.4 is 4.74 Å². The molecule has 1 aromatic heterocycles. The molecule has 0 bridgehead atoms. The first-order valence-corrected chi connectivity index (χ1v) is 8.49. The molecular formula is C21H21NO4. The lowest BCUT2D eigenvalue weighted by molar-refractivity contribution is 0.0472. The highest BCUT2D eigenvalue weighted by molar-refractivity contribution is 6.09. The molecule has 1 heterocycles. The number of nitrogens with one attached hydrogen (secondary N) is 1. The maximum atomic E-state index is 12.5. The second-order valence-corrected chi connectivity index (χ2v) is 6.10. The lowest BCUT2D eigenvalue weighted by Crippen LogP contribution is -2.15. The van der Waals surface area contributed by atoms with Crippen LogP contribution in [0.15, 0.2) is 42.6 Å². The minimum atomic E-state index is -0.576. The molecule has 0 spiro atoms. The number of esters is 1. The number of methoxy groups -OCH3 is 1. The summed E-state index contributed by atoms with van der Waals surface area (Å²) in [5, 5.41) is 0.846. The van der Waals surface area contributed by atoms with Crippen molar-refractivity contribution in [1.82, 2.24) is 4.98 Å². The van der Waals surface area contributed by atoms with E-state index in [1.54, 1.807) is 18.3 Å². The maximum Gasteiger partial charge on any atom is 0.342 e. The number of aryl methyl sites for hydroxylation is 2. The number of H-pyrrole nitrogens is 1. The number of Topliss-reactive ketones (excluding diaryl/α,β-unsaturated/α-hetero) is 1. The molecule has 5 nitrogen and oxygen atoms in total. The molecule has 0 saturated heterocycles. The zero-order valence-electron chi connectivity index (χ0n) is 15.1. The molecule has 0 aliphatic heterocycles. The molecule has 0 unspecified atom stereocenters. The van der Waals surface area contributed by atoms with Crippen molar-refractivity contribution in [2.45, 2.75) is 20.3 Å². The fourth-order valence-electron chi connectivity index (χ4n) is 3.01. The number of para-hydroxylation sites is 1. The number of rotatable bonds is 6. The first-order valence-electron chi connectivity index (χ1n) is 8.49. The topological polar surface area (TPSA) is 68.4 Å². The van der Waals surface area contributed by atoms with Crippen LogP contribution in [0.3, 0.4) is 0 Å². The molecule has 3 aromatic rings. The average molecular weight is 351 g/mol. The normalized spacial score (nSPS) is 10.7. The molecular weight excluding hydrogens is 330 g/mol. The molecule has 0 aliphatic rings. The summed E-state index contributed by atoms with van der Waals surface area (Å²) in [6, 6.07) is 11.1. The smallest absolute Gasteiger partial charge is 0.342 e. The van der Waals surface area contributed by atoms with Crippen LogP contribution in [0.4, 0.5) is 0 Å². The maximum absolute atomic E-state index is 12.5. The van der Waals surface area contributed by atoms with Gasteiger partial charge in [-0.1, -0.05) is 36.8 Å². The van der Waals surface area contributed by atoms with Crippen molar-refractivity contribution in [2.75, 3.05) is 13.7 Å². The van der Waals surface area contributed by atoms with Crippen molar-refractivity contribution in [1.29, 1.82) is 0 Å². The molecule has 0 radical (unpaired) electrons. The Labute approximate surface area is 151 Å². The van der Waals surface area contributed by atoms with Gasteiger partial charge in [0.1, 0.15) is 11.3 Å². The number of carbonyl (C=O) groups is 2. The molecule has 0 fully saturated rings. The Morgan fingerprint density at radius 3 is 2.65 bits per heavy atom. The molecule has 5 heteroatoms. The Hall–Kier alpha value is -3.08. The molecule has 2 aromatic carbocycles. The molecule has 3 rings (SSSR count). The molecule has 0 atom stereocenters. The quantitative estimate of drug-likeness (QED) is 0.536. The van der Waals surface area contributed by atoms with Gasteiger partial charge in [-0.15, -0.1) is 0 Å². The molecule has 0 amide bonds. The summed E-state index contributed by atoms with van der Waals surface area (Å²) < 4.78 is 10.4. The Morgan fingerprint density at radius 1 is 1.12 bits per heavy atom. The minimum Gasteiger partial charge on any atom is -0.496 e. The van der Waals surface area contributed by atoms with Gasteiger partial charge in [0.2, 0.25) is 5.78 Å². The Morgan fingerprint density at radius 2 is 1.92 bits per heavy atom. The average Bonchev–Trinajstić information content (AvgIpc) is 3.10. The number of aromatic amines is 1. The summed E-state index contributed by atoms with van der Waals surface area (Å²) in [6.07, 6.45) is 2.54. The fourth-order valence-corrected chi connectivity index (χ4v) is 3.01. The van der Waals surface area contributed by atoms with Gasteiger partial charge in [0, 0.05) is 22.7 Å². The van der Waals surface area contributed by atoms with E-state index in [0.717, 1.165) is 28.5 Å². The Bertz CT molecular complexity index is 971. The Kier molecular flexibility index (Phi) is 5.07. The molecule has 0 saturated carbocycles. The highest BCUT2D eigenvalue weighted by Crippen LogP contribution is 2.24. The number of hydrogen-bond donors (Lipinski definition) is 1. The number of carbonyl (C=O) groups excluding carboxylic acids is 2. The van der Waals surface area contributed by atoms with Crippen LogP contribution in [0.2, 0.25) is 0 Å². The molecule has 134 valence electrons. The largest absolute Gasteiger partial charge is 0.496 e. The van der Waals surface area contributed by atoms with E-state index in [-0.39, 0.29) is 12.4 Å². The second-order valence-electron chi connectivity index (χ2n) is 6.10. The number of ether oxygens (including phenoxy) is 2. The zero-order valence-corrected chi connectivity index (χ0v) is 15.1. The third-order valence-corrected chi connectivity index (χ3v) is 4.39. The standard InChI is InChI=1S/C21H21NO4/c1-4-14-6-5-7-15-17(11-22-20(14)15)18(23)12-26-21(24)16-10-13(2)8-9-19(16)25-3/h5-11,22H,4,12H2,1-3H3. The van der Waals surface area contributed by atoms with E-state index in [0.29, 0.717) is 16.9 Å². The number of benzene rings is 2. The van der Waals surface area contributed by atoms with Crippen LogP contribution in [-0.4, -0.2) is 30.5 Å². The van der Waals surface area contributed by atoms with Gasteiger partial charge >= 0.3 is 5.97 Å². The van der Waals surface area contributed by atoms with E-state index in [1.165, 1.54) is 7.11 Å². The first-order chi connectivity index (χ1) is 12.5. The van der Waals surface area contributed by atoms with Gasteiger partial charge in [-0.25, -0.2) is 4.79 Å². The predicted molar refractivity (Wildman–Crippen MR) is 100 cm³/mol. The highest BCUT2D eigenvalue weighted by atomic mass is 16.5. The van der Waals surface area contributed by atoms with E-state index >= 15 is 0 Å². The second kappa shape index (κ2) is 7.44. The van der Waals surface area contributed by atoms with Gasteiger partial charge < -0.3 is 14.5 Å². The highest BCUT2D eigenvalue weighted by Gasteiger charge is 2.18. The van der Waals surface area contributed by atoms with Crippen molar-refractivity contribution in [2.24, 2.45) is 0 Å². The number of fused-ring (bicyclic) bond motifs is 1. The monoisotopic (exact) mass is 351 g/mol. The van der Waals surface area contributed by atoms with Crippen LogP contribution in [0.1, 0.15) is 38.8 Å². The van der Waals surface area contributed by atoms with Gasteiger partial charge in [0.25, 0.3) is 0 Å². The van der Waals surface area contributed by atoms with E-state index in [9.17, 15) is 9.59 Å². The summed E-state index contributed by atoms with van der Waals surface area (Å²) in [5.74, 6) is -0.398. The van der Waals surface area contributed by atoms with Crippen molar-refractivity contribution < 1.29 is 19.1 Å². The van der Waals surface area contributed by atoms with Gasteiger partial charge in [-0.2, -0.15) is 0 Å². The lowest BCUT2D eigenvalue weighted by atomic mass is 10.1. The summed E-state index contributed by atoms with van der Waals surface area (Å²) >= 11 is 0. The van der Waals surface area contributed by atoms with Crippen LogP contribution in [0.5, 0.6) is 5.75 Å². The first kappa shape index (κ1) is 17.7. The molecule has 1 N–H and O–H groups in total. The van der Waals surface area contributed by atoms with E-state index in [1.807, 2.05) is 31.2 Å². The number of ketones is 1. The van der Waals surface area contributed by atoms with E-state index in [2.05, 4.69) is 11.9 Å². The molecule has 0 aliphatic carbocycles. The number of aromatic nitrogens is 1. The Balaban J connectivity index is 1.77. The van der Waals surface area contributed by atoms with Crippen molar-refractivity contribution in [3.05, 3.63) is 64.8 Å². The van der Waals surface area contributed by atoms with Crippen LogP contribution in [0.25, 0.3) is 10.9 Å². The van der Waals surface area contributed by atoms with Crippen molar-refractivity contribution in [3.63, 3.8) is 0 Å². The fraction of sp³-hybridized carbons (Fsp3) is 0.238. The van der Waals surface area contributed by atoms with Gasteiger partial charge in [-0.05, 0) is 31.0 Å². The predicted octanol–water partition coefficient (Wildman–Crippen LogP) is 4.09. The van der Waals surface area contributed by atoms with Crippen molar-refractivity contribution in [3.8, 4) is 5.75 Å². The lowest BCUT2D eigenvalue weighted by Gasteiger charge is -2.09. The zero-order chi connectivity index (χ0) is 18.7. The third kappa shape index (κ3) is 3.33. The summed E-state index contributed by atoms with van der Waals surface area (Å²) in [6.45, 7) is 3.62. The minimum absolute atomic E-state index is 0.246. The van der Waals surface area contributed by atoms with Gasteiger partial charge in [0.05, 0.1) is 7.11 Å². The van der Waals surface area contributed by atoms with Gasteiger partial charge in [-0.3, -0.25) is 4.79 Å². The van der Waals surface area contributed by atoms with Crippen LogP contribution in [0, 0.1) is 6.92 Å².